The molecule has 1 saturated heterocycles. The zero-order valence-corrected chi connectivity index (χ0v) is 50.7. The van der Waals surface area contributed by atoms with Gasteiger partial charge in [-0.1, -0.05) is 32.3 Å². The minimum atomic E-state index is -2.44. The number of H-pyrrole nitrogens is 1. The molecule has 0 spiro atoms. The van der Waals surface area contributed by atoms with Gasteiger partial charge in [-0.15, -0.1) is 0 Å². The molecule has 2 bridgehead atoms. The highest BCUT2D eigenvalue weighted by Gasteiger charge is 2.45. The molecule has 87 heavy (non-hydrogen) atoms. The van der Waals surface area contributed by atoms with Crippen LogP contribution in [0.4, 0.5) is 0 Å². The van der Waals surface area contributed by atoms with Crippen LogP contribution in [0, 0.1) is 11.8 Å². The summed E-state index contributed by atoms with van der Waals surface area (Å²) in [6.07, 6.45) is -4.53. The maximum absolute atomic E-state index is 15.3. The van der Waals surface area contributed by atoms with Gasteiger partial charge in [0.15, 0.2) is 0 Å². The molecular weight excluding hydrogens is 1190 g/mol. The number of hydrogen-bond donors (Lipinski definition) is 12. The molecule has 0 aliphatic carbocycles. The lowest BCUT2D eigenvalue weighted by atomic mass is 9.93. The number of rotatable bonds is 28. The van der Waals surface area contributed by atoms with Crippen LogP contribution in [-0.4, -0.2) is 249 Å². The van der Waals surface area contributed by atoms with Crippen LogP contribution >= 0.6 is 11.8 Å². The zero-order chi connectivity index (χ0) is 63.6. The third-order valence-electron chi connectivity index (χ3n) is 14.5. The number of carbonyl (C=O) groups is 9. The molecular formula is C53H81N13O19S2. The Labute approximate surface area is 508 Å². The van der Waals surface area contributed by atoms with Crippen molar-refractivity contribution in [3.05, 3.63) is 33.7 Å². The number of aromatic nitrogens is 1. The molecule has 32 nitrogen and oxygen atoms in total. The molecule has 484 valence electrons. The summed E-state index contributed by atoms with van der Waals surface area (Å²) in [6.45, 7) is 5.24. The molecule has 0 radical (unpaired) electrons. The number of hydrogen-bond acceptors (Lipinski definition) is 21. The van der Waals surface area contributed by atoms with Crippen LogP contribution in [-0.2, 0) is 89.8 Å². The number of azide groups is 1. The standard InChI is InChI=1S/C53H81N13O19S2/c1-5-29(2)44-50(76)57-23-42(71)59-37-28-87(79)52-33(32-6-7-40(80-4)34(46(32)64-52)27-86-19-18-85-17-16-84-15-14-83-13-12-82-11-10-81-9-8-58-65-55)21-35(47(73)56-24-43(72)62-44)60-51(77)45(30(3)39(69)26-67)63-49(75)38-20-31(68)25-66(38)53(78)36(22-41(54)70)61-48(37)74/h6-7,29-31,35-39,44-45,64,67-69H,5,8-28H2,1-4H3,(H2,54,70)(H,56,73)(H,57,76)(H,59,71)(H,60,77)(H,61,74)(H,62,72)(H,63,75)/t29-,30-,31+,35-,36-,37-,38-,39-,44-,45-,87?/m0/s1. The normalized spacial score (nSPS) is 24.0. The van der Waals surface area contributed by atoms with Crippen molar-refractivity contribution in [1.29, 1.82) is 0 Å². The van der Waals surface area contributed by atoms with Gasteiger partial charge in [-0.25, -0.2) is 0 Å². The van der Waals surface area contributed by atoms with Crippen LogP contribution in [0.1, 0.15) is 51.2 Å². The highest BCUT2D eigenvalue weighted by molar-refractivity contribution is 7.98. The Morgan fingerprint density at radius 2 is 1.44 bits per heavy atom. The highest BCUT2D eigenvalue weighted by atomic mass is 32.2. The zero-order valence-electron chi connectivity index (χ0n) is 49.0. The number of thioether (sulfide) groups is 1. The Morgan fingerprint density at radius 1 is 0.816 bits per heavy atom. The monoisotopic (exact) mass is 1270 g/mol. The van der Waals surface area contributed by atoms with E-state index in [2.05, 4.69) is 52.2 Å². The number of aromatic amines is 1. The molecule has 34 heteroatoms. The lowest BCUT2D eigenvalue weighted by Crippen LogP contribution is -2.62. The average Bonchev–Trinajstić information content (AvgIpc) is 1.85. The largest absolute Gasteiger partial charge is 0.496 e. The highest BCUT2D eigenvalue weighted by Crippen LogP contribution is 2.36. The Balaban J connectivity index is 1.51. The number of aliphatic hydroxyl groups is 3. The number of fused-ring (bicyclic) bond motifs is 5. The van der Waals surface area contributed by atoms with E-state index in [1.807, 2.05) is 0 Å². The van der Waals surface area contributed by atoms with E-state index in [1.54, 1.807) is 26.0 Å². The van der Waals surface area contributed by atoms with E-state index in [0.29, 0.717) is 93.9 Å². The molecule has 4 heterocycles. The van der Waals surface area contributed by atoms with Crippen molar-refractivity contribution in [2.45, 2.75) is 106 Å². The van der Waals surface area contributed by atoms with Crippen LogP contribution in [0.5, 0.6) is 5.75 Å². The quantitative estimate of drug-likeness (QED) is 0.0167. The van der Waals surface area contributed by atoms with Gasteiger partial charge in [-0.05, 0) is 29.1 Å². The number of nitrogens with zero attached hydrogens (tertiary/aromatic N) is 4. The number of benzene rings is 1. The third-order valence-corrected chi connectivity index (χ3v) is 16.9. The summed E-state index contributed by atoms with van der Waals surface area (Å²) in [7, 11) is -1.00. The molecule has 13 N–H and O–H groups in total. The first-order valence-electron chi connectivity index (χ1n) is 28.4. The van der Waals surface area contributed by atoms with Crippen molar-refractivity contribution < 1.29 is 91.1 Å². The Kier molecular flexibility index (Phi) is 29.8. The lowest BCUT2D eigenvalue weighted by molar-refractivity contribution is -0.144. The summed E-state index contributed by atoms with van der Waals surface area (Å²) in [6, 6.07) is -6.91. The van der Waals surface area contributed by atoms with Crippen LogP contribution in [0.3, 0.4) is 0 Å². The van der Waals surface area contributed by atoms with E-state index < -0.39 is 176 Å². The molecule has 1 aromatic carbocycles. The first kappa shape index (κ1) is 71.0. The molecule has 1 fully saturated rings. The van der Waals surface area contributed by atoms with Gasteiger partial charge in [0, 0.05) is 59.2 Å². The van der Waals surface area contributed by atoms with E-state index in [-0.39, 0.29) is 29.5 Å². The maximum atomic E-state index is 15.3. The van der Waals surface area contributed by atoms with Gasteiger partial charge < -0.3 is 96.6 Å². The fourth-order valence-corrected chi connectivity index (χ4v) is 11.8. The number of nitrogens with one attached hydrogen (secondary N) is 8. The van der Waals surface area contributed by atoms with Gasteiger partial charge >= 0.3 is 0 Å². The predicted molar refractivity (Wildman–Crippen MR) is 311 cm³/mol. The summed E-state index contributed by atoms with van der Waals surface area (Å²) in [5, 5.41) is 53.0. The van der Waals surface area contributed by atoms with Crippen molar-refractivity contribution in [3.63, 3.8) is 0 Å². The molecule has 5 rings (SSSR count). The minimum Gasteiger partial charge on any atom is -0.496 e. The smallest absolute Gasteiger partial charge is 0.246 e. The molecule has 2 aromatic rings. The van der Waals surface area contributed by atoms with Gasteiger partial charge in [0.2, 0.25) is 53.2 Å². The van der Waals surface area contributed by atoms with Crippen LogP contribution in [0.15, 0.2) is 22.3 Å². The summed E-state index contributed by atoms with van der Waals surface area (Å²) in [5.74, 6) is -10.9. The lowest BCUT2D eigenvalue weighted by Gasteiger charge is -2.32. The Hall–Kier alpha value is -6.72. The summed E-state index contributed by atoms with van der Waals surface area (Å²) in [4.78, 5) is 134. The van der Waals surface area contributed by atoms with Crippen LogP contribution < -0.4 is 47.7 Å². The van der Waals surface area contributed by atoms with E-state index >= 15 is 4.21 Å². The third kappa shape index (κ3) is 21.5. The molecule has 9 amide bonds. The number of carbonyl (C=O) groups excluding carboxylic acids is 9. The van der Waals surface area contributed by atoms with Gasteiger partial charge in [0.25, 0.3) is 0 Å². The van der Waals surface area contributed by atoms with E-state index in [0.717, 1.165) is 4.90 Å². The van der Waals surface area contributed by atoms with Gasteiger partial charge in [-0.3, -0.25) is 47.4 Å². The van der Waals surface area contributed by atoms with Crippen molar-refractivity contribution >= 4 is 86.6 Å². The van der Waals surface area contributed by atoms with Gasteiger partial charge in [-0.2, -0.15) is 11.8 Å². The first-order valence-corrected chi connectivity index (χ1v) is 30.9. The second kappa shape index (κ2) is 36.6. The number of nitrogens with two attached hydrogens (primary N) is 1. The second-order valence-corrected chi connectivity index (χ2v) is 23.2. The Morgan fingerprint density at radius 3 is 2.05 bits per heavy atom. The number of primary amides is 1. The SMILES string of the molecule is CC[C@H](C)[C@@H]1NC(=O)CNC(=O)[C@@H]2Cc3c([nH]c4c(CSCCOCCOCCOCCOCCOCCN=[N+]=[N-])c(OC)ccc34)S(=O)C[C@H](NC(=O)CNC1=O)C(=O)N[C@@H](CC(N)=O)C(=O)N1C[C@H](O)C[C@H]1C(=O)N[C@@H]([C@@H](C)[C@@H](O)CO)C(=O)N2. The Bertz CT molecular complexity index is 2770. The summed E-state index contributed by atoms with van der Waals surface area (Å²) in [5.41, 5.74) is 14.9. The number of methoxy groups -OCH3 is 1. The van der Waals surface area contributed by atoms with Crippen LogP contribution in [0.25, 0.3) is 21.3 Å². The second-order valence-electron chi connectivity index (χ2n) is 20.7. The topological polar surface area (TPSA) is 465 Å². The number of ether oxygens (including phenoxy) is 6. The van der Waals surface area contributed by atoms with Gasteiger partial charge in [0.1, 0.15) is 47.0 Å². The number of amides is 9. The van der Waals surface area contributed by atoms with Crippen molar-refractivity contribution in [1.82, 2.24) is 47.1 Å². The minimum absolute atomic E-state index is 0.115. The molecule has 11 atom stereocenters. The average molecular weight is 1270 g/mol. The van der Waals surface area contributed by atoms with Crippen molar-refractivity contribution in [2.75, 3.05) is 117 Å². The van der Waals surface area contributed by atoms with Crippen molar-refractivity contribution in [2.24, 2.45) is 22.7 Å². The summed E-state index contributed by atoms with van der Waals surface area (Å²) >= 11 is 1.44. The fraction of sp³-hybridized carbons (Fsp3) is 0.679. The van der Waals surface area contributed by atoms with E-state index in [4.69, 9.17) is 39.7 Å². The molecule has 3 aliphatic heterocycles. The first-order chi connectivity index (χ1) is 41.7. The molecule has 1 aromatic heterocycles. The van der Waals surface area contributed by atoms with Crippen LogP contribution in [0.2, 0.25) is 0 Å². The molecule has 0 saturated carbocycles. The summed E-state index contributed by atoms with van der Waals surface area (Å²) < 4.78 is 48.7. The van der Waals surface area contributed by atoms with E-state index in [9.17, 15) is 58.5 Å². The van der Waals surface area contributed by atoms with Crippen molar-refractivity contribution in [3.8, 4) is 5.75 Å². The maximum Gasteiger partial charge on any atom is 0.246 e. The fourth-order valence-electron chi connectivity index (χ4n) is 9.58. The number of aliphatic hydroxyl groups excluding tert-OH is 3. The molecule has 3 aliphatic rings. The van der Waals surface area contributed by atoms with E-state index in [1.165, 1.54) is 25.8 Å². The molecule has 1 unspecified atom stereocenters. The van der Waals surface area contributed by atoms with Gasteiger partial charge in [0.05, 0.1) is 134 Å². The predicted octanol–water partition coefficient (Wildman–Crippen LogP) is -3.99.